The van der Waals surface area contributed by atoms with Crippen LogP contribution in [0, 0.1) is 12.8 Å². The Labute approximate surface area is 230 Å². The van der Waals surface area contributed by atoms with Gasteiger partial charge in [0.1, 0.15) is 5.75 Å². The maximum Gasteiger partial charge on any atom is 0.164 e. The van der Waals surface area contributed by atoms with Crippen LogP contribution in [-0.2, 0) is 13.0 Å². The summed E-state index contributed by atoms with van der Waals surface area (Å²) in [7, 11) is 0. The molecule has 0 bridgehead atoms. The van der Waals surface area contributed by atoms with E-state index < -0.39 is 0 Å². The Morgan fingerprint density at radius 2 is 1.95 bits per heavy atom. The Hall–Kier alpha value is -2.72. The van der Waals surface area contributed by atoms with Crippen molar-refractivity contribution in [3.8, 4) is 5.75 Å². The number of aryl methyl sites for hydroxylation is 2. The summed E-state index contributed by atoms with van der Waals surface area (Å²) < 4.78 is 0. The summed E-state index contributed by atoms with van der Waals surface area (Å²) in [5.41, 5.74) is 4.85. The minimum atomic E-state index is 0.303. The Kier molecular flexibility index (Phi) is 13.9. The van der Waals surface area contributed by atoms with E-state index in [0.29, 0.717) is 24.8 Å². The van der Waals surface area contributed by atoms with Gasteiger partial charge in [-0.1, -0.05) is 107 Å². The molecule has 3 nitrogen and oxygen atoms in total. The molecule has 0 radical (unpaired) electrons. The van der Waals surface area contributed by atoms with Crippen LogP contribution in [0.1, 0.15) is 70.1 Å². The number of hydrogen-bond acceptors (Lipinski definition) is 3. The van der Waals surface area contributed by atoms with Gasteiger partial charge in [-0.05, 0) is 73.1 Å². The topological polar surface area (TPSA) is 35.8 Å². The molecule has 1 atom stereocenters. The highest BCUT2D eigenvalue weighted by Crippen LogP contribution is 2.29. The molecule has 200 valence electrons. The zero-order chi connectivity index (χ0) is 27.0. The number of thioether (sulfide) groups is 1. The summed E-state index contributed by atoms with van der Waals surface area (Å²) in [4.78, 5) is 8.87. The summed E-state index contributed by atoms with van der Waals surface area (Å²) in [5, 5.41) is 11.2. The number of amidine groups is 1. The highest BCUT2D eigenvalue weighted by atomic mass is 32.2. The highest BCUT2D eigenvalue weighted by molar-refractivity contribution is 8.13. The lowest BCUT2D eigenvalue weighted by Gasteiger charge is -2.30. The van der Waals surface area contributed by atoms with E-state index in [1.54, 1.807) is 17.8 Å². The van der Waals surface area contributed by atoms with Crippen LogP contribution >= 0.6 is 11.8 Å². The second-order valence-electron chi connectivity index (χ2n) is 9.60. The van der Waals surface area contributed by atoms with Gasteiger partial charge in [0.05, 0.1) is 6.54 Å². The predicted molar refractivity (Wildman–Crippen MR) is 164 cm³/mol. The highest BCUT2D eigenvalue weighted by Gasteiger charge is 2.19. The van der Waals surface area contributed by atoms with E-state index in [2.05, 4.69) is 69.5 Å². The minimum Gasteiger partial charge on any atom is -0.508 e. The number of rotatable bonds is 14. The molecule has 0 aliphatic carbocycles. The number of phenolic OH excluding ortho intramolecular Hbond substituents is 1. The van der Waals surface area contributed by atoms with Crippen molar-refractivity contribution in [2.45, 2.75) is 78.2 Å². The first kappa shape index (κ1) is 30.5. The van der Waals surface area contributed by atoms with Crippen LogP contribution in [0.25, 0.3) is 0 Å². The molecule has 0 fully saturated rings. The number of aromatic hydroxyl groups is 1. The third kappa shape index (κ3) is 10.7. The lowest BCUT2D eigenvalue weighted by Crippen LogP contribution is -2.33. The van der Waals surface area contributed by atoms with Crippen LogP contribution < -0.4 is 0 Å². The van der Waals surface area contributed by atoms with E-state index in [4.69, 9.17) is 4.99 Å². The number of unbranched alkanes of at least 4 members (excludes halogenated alkanes) is 1. The van der Waals surface area contributed by atoms with Crippen molar-refractivity contribution < 1.29 is 5.11 Å². The second kappa shape index (κ2) is 16.9. The van der Waals surface area contributed by atoms with Crippen molar-refractivity contribution in [3.63, 3.8) is 0 Å². The quantitative estimate of drug-likeness (QED) is 0.117. The van der Waals surface area contributed by atoms with Gasteiger partial charge in [0.25, 0.3) is 0 Å². The molecular weight excluding hydrogens is 472 g/mol. The molecule has 1 N–H and O–H groups in total. The first-order valence-corrected chi connectivity index (χ1v) is 14.5. The molecule has 2 aromatic rings. The van der Waals surface area contributed by atoms with Gasteiger partial charge in [0.2, 0.25) is 0 Å². The maximum atomic E-state index is 10.1. The van der Waals surface area contributed by atoms with E-state index >= 15 is 0 Å². The standard InChI is InChI=1S/C33H46N2OS/c1-7-12-16-28(11-5)24-35(25-30-17-13-18-31(36)22-30)33(34-23-29(14-8-2)15-9-3)37-32-20-19-27(10-4)21-26(32)6/h8-9,13-15,17-22,28,36H,2,7,10-12,16,23-25H2,1,3-6H3/b15-9-,29-14+,34-33?. The fourth-order valence-corrected chi connectivity index (χ4v) is 5.29. The lowest BCUT2D eigenvalue weighted by molar-refractivity contribution is 0.310. The molecule has 0 saturated carbocycles. The van der Waals surface area contributed by atoms with Crippen molar-refractivity contribution >= 4 is 16.9 Å². The van der Waals surface area contributed by atoms with Gasteiger partial charge in [-0.2, -0.15) is 0 Å². The van der Waals surface area contributed by atoms with Crippen LogP contribution in [-0.4, -0.2) is 28.3 Å². The molecule has 2 rings (SSSR count). The van der Waals surface area contributed by atoms with E-state index in [0.717, 1.165) is 35.7 Å². The molecular formula is C33H46N2OS. The van der Waals surface area contributed by atoms with Gasteiger partial charge >= 0.3 is 0 Å². The third-order valence-electron chi connectivity index (χ3n) is 6.53. The number of phenols is 1. The summed E-state index contributed by atoms with van der Waals surface area (Å²) in [5.74, 6) is 0.891. The first-order chi connectivity index (χ1) is 17.9. The molecule has 1 unspecified atom stereocenters. The minimum absolute atomic E-state index is 0.303. The number of nitrogens with zero attached hydrogens (tertiary/aromatic N) is 2. The van der Waals surface area contributed by atoms with E-state index in [1.807, 2.05) is 37.3 Å². The van der Waals surface area contributed by atoms with Gasteiger partial charge in [0.15, 0.2) is 5.17 Å². The van der Waals surface area contributed by atoms with Crippen molar-refractivity contribution in [3.05, 3.63) is 95.6 Å². The molecule has 0 heterocycles. The molecule has 0 saturated heterocycles. The summed E-state index contributed by atoms with van der Waals surface area (Å²) >= 11 is 1.76. The van der Waals surface area contributed by atoms with E-state index in [9.17, 15) is 5.11 Å². The van der Waals surface area contributed by atoms with Gasteiger partial charge < -0.3 is 10.0 Å². The SMILES string of the molecule is C=C/C=C(\C=C/C)CN=C(Sc1ccc(CC)cc1C)N(Cc1cccc(O)c1)CC(CC)CCCC. The largest absolute Gasteiger partial charge is 0.508 e. The average molecular weight is 519 g/mol. The van der Waals surface area contributed by atoms with E-state index in [1.165, 1.54) is 35.3 Å². The third-order valence-corrected chi connectivity index (χ3v) is 7.78. The van der Waals surface area contributed by atoms with Crippen LogP contribution in [0.2, 0.25) is 0 Å². The molecule has 0 aromatic heterocycles. The summed E-state index contributed by atoms with van der Waals surface area (Å²) in [6, 6.07) is 14.4. The molecule has 4 heteroatoms. The van der Waals surface area contributed by atoms with Gasteiger partial charge in [-0.3, -0.25) is 4.99 Å². The molecule has 2 aromatic carbocycles. The predicted octanol–water partition coefficient (Wildman–Crippen LogP) is 9.12. The Bertz CT molecular complexity index is 1070. The fourth-order valence-electron chi connectivity index (χ4n) is 4.34. The second-order valence-corrected chi connectivity index (χ2v) is 10.6. The Morgan fingerprint density at radius 3 is 2.57 bits per heavy atom. The molecule has 0 spiro atoms. The number of benzene rings is 2. The fraction of sp³-hybridized carbons (Fsp3) is 0.424. The Morgan fingerprint density at radius 1 is 1.14 bits per heavy atom. The number of hydrogen-bond donors (Lipinski definition) is 1. The van der Waals surface area contributed by atoms with Gasteiger partial charge in [-0.25, -0.2) is 0 Å². The van der Waals surface area contributed by atoms with E-state index in [-0.39, 0.29) is 0 Å². The van der Waals surface area contributed by atoms with Crippen molar-refractivity contribution in [1.29, 1.82) is 0 Å². The van der Waals surface area contributed by atoms with Crippen molar-refractivity contribution in [2.24, 2.45) is 10.9 Å². The molecule has 0 amide bonds. The molecule has 37 heavy (non-hydrogen) atoms. The van der Waals surface area contributed by atoms with Crippen molar-refractivity contribution in [1.82, 2.24) is 4.90 Å². The monoisotopic (exact) mass is 518 g/mol. The van der Waals surface area contributed by atoms with Crippen LogP contribution in [0.5, 0.6) is 5.75 Å². The van der Waals surface area contributed by atoms with Crippen molar-refractivity contribution in [2.75, 3.05) is 13.1 Å². The summed E-state index contributed by atoms with van der Waals surface area (Å²) in [6.45, 7) is 17.1. The average Bonchev–Trinajstić information content (AvgIpc) is 2.89. The van der Waals surface area contributed by atoms with Gasteiger partial charge in [0, 0.05) is 18.0 Å². The van der Waals surface area contributed by atoms with Crippen LogP contribution in [0.4, 0.5) is 0 Å². The molecule has 0 aliphatic rings. The molecule has 0 aliphatic heterocycles. The number of allylic oxidation sites excluding steroid dienone is 3. The van der Waals surface area contributed by atoms with Crippen LogP contribution in [0.3, 0.4) is 0 Å². The van der Waals surface area contributed by atoms with Gasteiger partial charge in [-0.15, -0.1) is 0 Å². The normalized spacial score (nSPS) is 13.2. The zero-order valence-corrected chi connectivity index (χ0v) is 24.4. The zero-order valence-electron chi connectivity index (χ0n) is 23.5. The smallest absolute Gasteiger partial charge is 0.164 e. The Balaban J connectivity index is 2.52. The first-order valence-electron chi connectivity index (χ1n) is 13.7. The number of aliphatic imine (C=N–C) groups is 1. The summed E-state index contributed by atoms with van der Waals surface area (Å²) in [6.07, 6.45) is 13.8. The van der Waals surface area contributed by atoms with Crippen LogP contribution in [0.15, 0.2) is 88.8 Å². The maximum absolute atomic E-state index is 10.1. The lowest BCUT2D eigenvalue weighted by atomic mass is 9.98.